The topological polar surface area (TPSA) is 58.2 Å². The van der Waals surface area contributed by atoms with Gasteiger partial charge in [-0.25, -0.2) is 26.3 Å². The Morgan fingerprint density at radius 3 is 2.32 bits per heavy atom. The van der Waals surface area contributed by atoms with Crippen LogP contribution in [0.2, 0.25) is 0 Å². The molecule has 1 spiro atoms. The van der Waals surface area contributed by atoms with E-state index in [1.807, 2.05) is 0 Å². The number of thiol groups is 1. The van der Waals surface area contributed by atoms with Gasteiger partial charge in [-0.1, -0.05) is 18.2 Å². The third kappa shape index (κ3) is 4.20. The Morgan fingerprint density at radius 2 is 1.74 bits per heavy atom. The molecule has 2 aliphatic rings. The standard InChI is InChI=1S/C20H19F5N2O2S2/c21-11-6-10(7-12(22)8-11)13-2-1-3-14(15(13)23)17(30)16-18(20(4-5-20)9-26-16)27-31(28,29)19(24)25/h1-3,6-8,16-19,26-27,30H,4-5,9H2/t16-,17?,18+/m0/s1. The summed E-state index contributed by atoms with van der Waals surface area (Å²) in [5.41, 5.74) is -0.529. The minimum absolute atomic E-state index is 0.00891. The van der Waals surface area contributed by atoms with E-state index in [2.05, 4.69) is 22.7 Å². The number of nitrogens with one attached hydrogen (secondary N) is 2. The van der Waals surface area contributed by atoms with Crippen molar-refractivity contribution in [1.82, 2.24) is 10.0 Å². The summed E-state index contributed by atoms with van der Waals surface area (Å²) in [7, 11) is -4.87. The lowest BCUT2D eigenvalue weighted by atomic mass is 9.91. The van der Waals surface area contributed by atoms with Gasteiger partial charge in [0.05, 0.1) is 0 Å². The molecule has 1 aliphatic heterocycles. The maximum atomic E-state index is 15.3. The second kappa shape index (κ2) is 8.02. The average Bonchev–Trinajstić information content (AvgIpc) is 3.39. The van der Waals surface area contributed by atoms with Crippen LogP contribution in [0.3, 0.4) is 0 Å². The highest BCUT2D eigenvalue weighted by Gasteiger charge is 2.59. The molecule has 2 aromatic rings. The quantitative estimate of drug-likeness (QED) is 0.435. The van der Waals surface area contributed by atoms with Gasteiger partial charge in [-0.05, 0) is 30.5 Å². The molecule has 11 heteroatoms. The fourth-order valence-electron chi connectivity index (χ4n) is 4.20. The summed E-state index contributed by atoms with van der Waals surface area (Å²) < 4.78 is 94.2. The van der Waals surface area contributed by atoms with Crippen LogP contribution in [0.1, 0.15) is 23.7 Å². The van der Waals surface area contributed by atoms with E-state index in [-0.39, 0.29) is 16.7 Å². The third-order valence-corrected chi connectivity index (χ3v) is 7.64. The van der Waals surface area contributed by atoms with Gasteiger partial charge in [0, 0.05) is 46.5 Å². The first-order chi connectivity index (χ1) is 14.5. The van der Waals surface area contributed by atoms with Crippen molar-refractivity contribution >= 4 is 22.7 Å². The van der Waals surface area contributed by atoms with Crippen molar-refractivity contribution in [3.8, 4) is 11.1 Å². The molecule has 1 saturated carbocycles. The van der Waals surface area contributed by atoms with Crippen molar-refractivity contribution in [2.24, 2.45) is 5.41 Å². The molecule has 3 atom stereocenters. The summed E-state index contributed by atoms with van der Waals surface area (Å²) >= 11 is 4.48. The SMILES string of the molecule is O=S(=O)(N[C@@H]1[C@H](C(S)c2cccc(-c3cc(F)cc(F)c3)c2F)NCC12CC2)C(F)F. The van der Waals surface area contributed by atoms with Crippen molar-refractivity contribution in [1.29, 1.82) is 0 Å². The van der Waals surface area contributed by atoms with Crippen molar-refractivity contribution < 1.29 is 30.4 Å². The fourth-order valence-corrected chi connectivity index (χ4v) is 5.53. The van der Waals surface area contributed by atoms with Crippen LogP contribution in [-0.4, -0.2) is 32.8 Å². The highest BCUT2D eigenvalue weighted by atomic mass is 32.2. The Labute approximate surface area is 181 Å². The van der Waals surface area contributed by atoms with Gasteiger partial charge >= 0.3 is 5.76 Å². The van der Waals surface area contributed by atoms with E-state index in [1.54, 1.807) is 0 Å². The molecule has 168 valence electrons. The van der Waals surface area contributed by atoms with Crippen molar-refractivity contribution in [3.63, 3.8) is 0 Å². The second-order valence-corrected chi connectivity index (χ2v) is 10.2. The summed E-state index contributed by atoms with van der Waals surface area (Å²) in [4.78, 5) is 0. The first-order valence-electron chi connectivity index (χ1n) is 9.50. The summed E-state index contributed by atoms with van der Waals surface area (Å²) in [6.45, 7) is 0.377. The van der Waals surface area contributed by atoms with E-state index in [4.69, 9.17) is 0 Å². The van der Waals surface area contributed by atoms with E-state index in [0.717, 1.165) is 12.1 Å². The van der Waals surface area contributed by atoms with Crippen LogP contribution in [0.25, 0.3) is 11.1 Å². The Hall–Kier alpha value is -1.69. The maximum absolute atomic E-state index is 15.3. The molecule has 1 aliphatic carbocycles. The number of halogens is 5. The molecule has 2 fully saturated rings. The summed E-state index contributed by atoms with van der Waals surface area (Å²) in [5.74, 6) is -6.10. The van der Waals surface area contributed by atoms with Crippen LogP contribution in [0, 0.1) is 22.9 Å². The molecule has 1 heterocycles. The minimum Gasteiger partial charge on any atom is -0.310 e. The van der Waals surface area contributed by atoms with Crippen LogP contribution >= 0.6 is 12.6 Å². The zero-order valence-electron chi connectivity index (χ0n) is 16.0. The normalized spacial score (nSPS) is 23.5. The number of hydrogen-bond acceptors (Lipinski definition) is 4. The lowest BCUT2D eigenvalue weighted by Crippen LogP contribution is -2.50. The number of alkyl halides is 2. The van der Waals surface area contributed by atoms with Crippen molar-refractivity contribution in [2.45, 2.75) is 35.9 Å². The molecule has 0 bridgehead atoms. The predicted octanol–water partition coefficient (Wildman–Crippen LogP) is 4.00. The van der Waals surface area contributed by atoms with Crippen molar-refractivity contribution in [2.75, 3.05) is 6.54 Å². The van der Waals surface area contributed by atoms with Crippen LogP contribution in [0.15, 0.2) is 36.4 Å². The molecule has 0 amide bonds. The monoisotopic (exact) mass is 478 g/mol. The number of sulfonamides is 1. The van der Waals surface area contributed by atoms with Gasteiger partial charge in [-0.15, -0.1) is 0 Å². The molecular formula is C20H19F5N2O2S2. The summed E-state index contributed by atoms with van der Waals surface area (Å²) in [6, 6.07) is 5.25. The van der Waals surface area contributed by atoms with E-state index in [0.29, 0.717) is 25.5 Å². The van der Waals surface area contributed by atoms with Crippen LogP contribution in [-0.2, 0) is 10.0 Å². The molecule has 1 unspecified atom stereocenters. The van der Waals surface area contributed by atoms with Crippen LogP contribution in [0.4, 0.5) is 22.0 Å². The first kappa shape index (κ1) is 22.5. The Kier molecular flexibility index (Phi) is 5.82. The van der Waals surface area contributed by atoms with Gasteiger partial charge in [0.15, 0.2) is 0 Å². The summed E-state index contributed by atoms with van der Waals surface area (Å²) in [6.07, 6.45) is 1.27. The molecule has 2 N–H and O–H groups in total. The Bertz CT molecular complexity index is 1090. The molecule has 1 saturated heterocycles. The molecule has 2 aromatic carbocycles. The Balaban J connectivity index is 1.68. The molecule has 0 radical (unpaired) electrons. The van der Waals surface area contributed by atoms with E-state index >= 15 is 4.39 Å². The van der Waals surface area contributed by atoms with Gasteiger partial charge in [-0.3, -0.25) is 0 Å². The smallest absolute Gasteiger partial charge is 0.310 e. The summed E-state index contributed by atoms with van der Waals surface area (Å²) in [5, 5.41) is 2.18. The second-order valence-electron chi connectivity index (χ2n) is 7.98. The zero-order chi connectivity index (χ0) is 22.6. The largest absolute Gasteiger partial charge is 0.350 e. The lowest BCUT2D eigenvalue weighted by molar-refractivity contribution is 0.229. The molecule has 31 heavy (non-hydrogen) atoms. The third-order valence-electron chi connectivity index (χ3n) is 5.99. The molecule has 4 rings (SSSR count). The van der Waals surface area contributed by atoms with Gasteiger partial charge in [-0.2, -0.15) is 21.4 Å². The van der Waals surface area contributed by atoms with Gasteiger partial charge in [0.1, 0.15) is 17.5 Å². The van der Waals surface area contributed by atoms with Gasteiger partial charge in [0.25, 0.3) is 10.0 Å². The first-order valence-corrected chi connectivity index (χ1v) is 11.6. The zero-order valence-corrected chi connectivity index (χ0v) is 17.7. The highest BCUT2D eigenvalue weighted by molar-refractivity contribution is 7.89. The molecular weight excluding hydrogens is 459 g/mol. The maximum Gasteiger partial charge on any atom is 0.350 e. The average molecular weight is 479 g/mol. The minimum atomic E-state index is -4.87. The fraction of sp³-hybridized carbons (Fsp3) is 0.400. The Morgan fingerprint density at radius 1 is 1.10 bits per heavy atom. The van der Waals surface area contributed by atoms with Crippen molar-refractivity contribution in [3.05, 3.63) is 59.4 Å². The number of benzene rings is 2. The highest BCUT2D eigenvalue weighted by Crippen LogP contribution is 2.54. The van der Waals surface area contributed by atoms with Crippen LogP contribution in [0.5, 0.6) is 0 Å². The number of hydrogen-bond donors (Lipinski definition) is 3. The van der Waals surface area contributed by atoms with Gasteiger partial charge < -0.3 is 5.32 Å². The van der Waals surface area contributed by atoms with Crippen LogP contribution < -0.4 is 10.0 Å². The number of rotatable bonds is 6. The van der Waals surface area contributed by atoms with E-state index < -0.39 is 56.0 Å². The van der Waals surface area contributed by atoms with E-state index in [9.17, 15) is 26.0 Å². The molecule has 0 aromatic heterocycles. The lowest BCUT2D eigenvalue weighted by Gasteiger charge is -2.29. The van der Waals surface area contributed by atoms with Gasteiger partial charge in [0.2, 0.25) is 0 Å². The molecule has 4 nitrogen and oxygen atoms in total. The van der Waals surface area contributed by atoms with E-state index in [1.165, 1.54) is 18.2 Å². The predicted molar refractivity (Wildman–Crippen MR) is 109 cm³/mol.